The molecule has 0 fully saturated rings. The van der Waals surface area contributed by atoms with E-state index in [1.807, 2.05) is 0 Å². The Hall–Kier alpha value is -0.760. The first-order chi connectivity index (χ1) is 9.02. The van der Waals surface area contributed by atoms with Crippen molar-refractivity contribution in [3.8, 4) is 0 Å². The quantitative estimate of drug-likeness (QED) is 0.657. The highest BCUT2D eigenvalue weighted by atomic mass is 15.0. The summed E-state index contributed by atoms with van der Waals surface area (Å²) >= 11 is 0. The molecular formula is C17H32N2. The summed E-state index contributed by atoms with van der Waals surface area (Å²) in [6.07, 6.45) is 6.85. The minimum absolute atomic E-state index is 0.863. The largest absolute Gasteiger partial charge is 0.352 e. The molecule has 0 aromatic carbocycles. The molecule has 19 heavy (non-hydrogen) atoms. The van der Waals surface area contributed by atoms with Crippen molar-refractivity contribution in [2.45, 2.75) is 66.3 Å². The second-order valence-electron chi connectivity index (χ2n) is 6.23. The maximum absolute atomic E-state index is 3.57. The second kappa shape index (κ2) is 8.42. The van der Waals surface area contributed by atoms with E-state index in [2.05, 4.69) is 50.7 Å². The van der Waals surface area contributed by atoms with Gasteiger partial charge in [-0.2, -0.15) is 0 Å². The molecule has 0 unspecified atom stereocenters. The fourth-order valence-electron chi connectivity index (χ4n) is 2.49. The summed E-state index contributed by atoms with van der Waals surface area (Å²) in [6, 6.07) is 2.30. The van der Waals surface area contributed by atoms with Crippen molar-refractivity contribution in [2.75, 3.05) is 6.54 Å². The van der Waals surface area contributed by atoms with Gasteiger partial charge in [-0.05, 0) is 44.4 Å². The van der Waals surface area contributed by atoms with Crippen LogP contribution >= 0.6 is 0 Å². The summed E-state index contributed by atoms with van der Waals surface area (Å²) in [4.78, 5) is 0. The lowest BCUT2D eigenvalue weighted by molar-refractivity contribution is 0.512. The van der Waals surface area contributed by atoms with Crippen LogP contribution in [0.2, 0.25) is 0 Å². The average molecular weight is 264 g/mol. The lowest BCUT2D eigenvalue weighted by atomic mass is 10.0. The van der Waals surface area contributed by atoms with Gasteiger partial charge in [0, 0.05) is 25.0 Å². The Morgan fingerprint density at radius 3 is 2.37 bits per heavy atom. The predicted molar refractivity (Wildman–Crippen MR) is 84.5 cm³/mol. The molecule has 1 rings (SSSR count). The van der Waals surface area contributed by atoms with Crippen LogP contribution in [0.5, 0.6) is 0 Å². The first kappa shape index (κ1) is 16.3. The van der Waals surface area contributed by atoms with Crippen LogP contribution in [-0.2, 0) is 13.6 Å². The molecule has 1 heterocycles. The molecule has 1 N–H and O–H groups in total. The van der Waals surface area contributed by atoms with Crippen LogP contribution in [0.1, 0.15) is 62.9 Å². The van der Waals surface area contributed by atoms with E-state index in [9.17, 15) is 0 Å². The van der Waals surface area contributed by atoms with Gasteiger partial charge in [0.2, 0.25) is 0 Å². The summed E-state index contributed by atoms with van der Waals surface area (Å²) in [5, 5.41) is 3.57. The topological polar surface area (TPSA) is 17.0 Å². The number of nitrogens with zero attached hydrogens (tertiary/aromatic N) is 1. The third-order valence-electron chi connectivity index (χ3n) is 4.08. The summed E-state index contributed by atoms with van der Waals surface area (Å²) < 4.78 is 2.27. The van der Waals surface area contributed by atoms with Crippen molar-refractivity contribution in [2.24, 2.45) is 13.0 Å². The Morgan fingerprint density at radius 1 is 1.11 bits per heavy atom. The molecule has 0 saturated carbocycles. The molecule has 0 aliphatic rings. The molecule has 0 saturated heterocycles. The van der Waals surface area contributed by atoms with Gasteiger partial charge in [-0.1, -0.05) is 39.5 Å². The molecule has 1 aromatic heterocycles. The normalized spacial score (nSPS) is 11.5. The van der Waals surface area contributed by atoms with E-state index in [1.165, 1.54) is 49.1 Å². The van der Waals surface area contributed by atoms with E-state index in [4.69, 9.17) is 0 Å². The zero-order valence-electron chi connectivity index (χ0n) is 13.6. The molecule has 0 spiro atoms. The molecule has 0 aliphatic carbocycles. The lowest BCUT2D eigenvalue weighted by Crippen LogP contribution is -2.15. The predicted octanol–water partition coefficient (Wildman–Crippen LogP) is 4.34. The third-order valence-corrected chi connectivity index (χ3v) is 4.08. The SMILES string of the molecule is Cc1cc(CNCCCCCCC(C)C)c(C)n1C. The van der Waals surface area contributed by atoms with Gasteiger partial charge in [0.25, 0.3) is 0 Å². The first-order valence-electron chi connectivity index (χ1n) is 7.85. The van der Waals surface area contributed by atoms with Crippen molar-refractivity contribution in [3.05, 3.63) is 23.0 Å². The highest BCUT2D eigenvalue weighted by Crippen LogP contribution is 2.13. The summed E-state index contributed by atoms with van der Waals surface area (Å²) in [5.74, 6) is 0.863. The highest BCUT2D eigenvalue weighted by Gasteiger charge is 2.04. The molecule has 0 radical (unpaired) electrons. The zero-order valence-corrected chi connectivity index (χ0v) is 13.6. The number of unbranched alkanes of at least 4 members (excludes halogenated alkanes) is 3. The third kappa shape index (κ3) is 5.82. The second-order valence-corrected chi connectivity index (χ2v) is 6.23. The van der Waals surface area contributed by atoms with E-state index in [0.717, 1.165) is 19.0 Å². The maximum atomic E-state index is 3.57. The maximum Gasteiger partial charge on any atom is 0.0223 e. The van der Waals surface area contributed by atoms with Crippen molar-refractivity contribution >= 4 is 0 Å². The van der Waals surface area contributed by atoms with E-state index in [0.29, 0.717) is 0 Å². The van der Waals surface area contributed by atoms with Crippen molar-refractivity contribution in [3.63, 3.8) is 0 Å². The minimum Gasteiger partial charge on any atom is -0.352 e. The number of rotatable bonds is 9. The first-order valence-corrected chi connectivity index (χ1v) is 7.85. The number of aromatic nitrogens is 1. The van der Waals surface area contributed by atoms with Gasteiger partial charge in [0.15, 0.2) is 0 Å². The van der Waals surface area contributed by atoms with Gasteiger partial charge >= 0.3 is 0 Å². The summed E-state index contributed by atoms with van der Waals surface area (Å²) in [6.45, 7) is 11.2. The van der Waals surface area contributed by atoms with Crippen LogP contribution < -0.4 is 5.32 Å². The minimum atomic E-state index is 0.863. The monoisotopic (exact) mass is 264 g/mol. The molecule has 2 heteroatoms. The van der Waals surface area contributed by atoms with E-state index >= 15 is 0 Å². The van der Waals surface area contributed by atoms with E-state index in [1.54, 1.807) is 0 Å². The van der Waals surface area contributed by atoms with Gasteiger partial charge in [0.1, 0.15) is 0 Å². The van der Waals surface area contributed by atoms with Gasteiger partial charge in [-0.15, -0.1) is 0 Å². The van der Waals surface area contributed by atoms with Crippen LogP contribution in [0.15, 0.2) is 6.07 Å². The number of hydrogen-bond acceptors (Lipinski definition) is 1. The lowest BCUT2D eigenvalue weighted by Gasteiger charge is -2.06. The van der Waals surface area contributed by atoms with Gasteiger partial charge in [-0.25, -0.2) is 0 Å². The van der Waals surface area contributed by atoms with Crippen molar-refractivity contribution in [1.82, 2.24) is 9.88 Å². The van der Waals surface area contributed by atoms with Gasteiger partial charge in [-0.3, -0.25) is 0 Å². The molecule has 0 aliphatic heterocycles. The fraction of sp³-hybridized carbons (Fsp3) is 0.765. The summed E-state index contributed by atoms with van der Waals surface area (Å²) in [5.41, 5.74) is 4.18. The molecule has 1 aromatic rings. The van der Waals surface area contributed by atoms with Crippen LogP contribution in [0, 0.1) is 19.8 Å². The molecule has 0 bridgehead atoms. The fourth-order valence-corrected chi connectivity index (χ4v) is 2.49. The molecule has 0 atom stereocenters. The Bertz CT molecular complexity index is 364. The Labute approximate surface area is 119 Å². The highest BCUT2D eigenvalue weighted by molar-refractivity contribution is 5.26. The van der Waals surface area contributed by atoms with Crippen LogP contribution in [0.4, 0.5) is 0 Å². The zero-order chi connectivity index (χ0) is 14.3. The Kier molecular flexibility index (Phi) is 7.22. The van der Waals surface area contributed by atoms with Gasteiger partial charge < -0.3 is 9.88 Å². The van der Waals surface area contributed by atoms with Crippen molar-refractivity contribution in [1.29, 1.82) is 0 Å². The smallest absolute Gasteiger partial charge is 0.0223 e. The van der Waals surface area contributed by atoms with Gasteiger partial charge in [0.05, 0.1) is 0 Å². The van der Waals surface area contributed by atoms with Crippen LogP contribution in [0.25, 0.3) is 0 Å². The van der Waals surface area contributed by atoms with E-state index < -0.39 is 0 Å². The van der Waals surface area contributed by atoms with Crippen LogP contribution in [0.3, 0.4) is 0 Å². The summed E-state index contributed by atoms with van der Waals surface area (Å²) in [7, 11) is 2.14. The number of aryl methyl sites for hydroxylation is 1. The van der Waals surface area contributed by atoms with Crippen LogP contribution in [-0.4, -0.2) is 11.1 Å². The number of hydrogen-bond donors (Lipinski definition) is 1. The Balaban J connectivity index is 2.06. The van der Waals surface area contributed by atoms with Crippen molar-refractivity contribution < 1.29 is 0 Å². The molecule has 110 valence electrons. The average Bonchev–Trinajstić information content (AvgIpc) is 2.60. The van der Waals surface area contributed by atoms with E-state index in [-0.39, 0.29) is 0 Å². The number of nitrogens with one attached hydrogen (secondary N) is 1. The standard InChI is InChI=1S/C17H32N2/c1-14(2)10-8-6-7-9-11-18-13-17-12-15(3)19(5)16(17)4/h12,14,18H,6-11,13H2,1-5H3. The molecular weight excluding hydrogens is 232 g/mol. The Morgan fingerprint density at radius 2 is 1.79 bits per heavy atom. The molecule has 2 nitrogen and oxygen atoms in total. The molecule has 0 amide bonds.